The van der Waals surface area contributed by atoms with Crippen LogP contribution >= 0.6 is 0 Å². The van der Waals surface area contributed by atoms with Crippen molar-refractivity contribution in [1.82, 2.24) is 4.98 Å². The van der Waals surface area contributed by atoms with Gasteiger partial charge in [0.2, 0.25) is 5.88 Å². The van der Waals surface area contributed by atoms with Crippen molar-refractivity contribution in [2.45, 2.75) is 0 Å². The Kier molecular flexibility index (Phi) is 3.78. The fourth-order valence-corrected chi connectivity index (χ4v) is 2.01. The summed E-state index contributed by atoms with van der Waals surface area (Å²) in [6.45, 7) is 0. The molecule has 0 aliphatic rings. The van der Waals surface area contributed by atoms with Gasteiger partial charge in [0.05, 0.1) is 4.92 Å². The summed E-state index contributed by atoms with van der Waals surface area (Å²) in [5.41, 5.74) is 2.15. The van der Waals surface area contributed by atoms with Crippen molar-refractivity contribution in [2.24, 2.45) is 0 Å². The lowest BCUT2D eigenvalue weighted by atomic mass is 10.1. The number of ether oxygens (including phenoxy) is 1. The number of nitrogens with zero attached hydrogens (tertiary/aromatic N) is 2. The summed E-state index contributed by atoms with van der Waals surface area (Å²) in [5.74, 6) is 0.944. The molecule has 0 saturated heterocycles. The average Bonchev–Trinajstić information content (AvgIpc) is 2.57. The van der Waals surface area contributed by atoms with E-state index in [-0.39, 0.29) is 5.69 Å². The molecule has 0 saturated carbocycles. The first-order valence-corrected chi connectivity index (χ1v) is 6.66. The zero-order valence-corrected chi connectivity index (χ0v) is 11.5. The molecule has 0 radical (unpaired) electrons. The first kappa shape index (κ1) is 13.8. The minimum Gasteiger partial charge on any atom is -0.439 e. The molecule has 3 rings (SSSR count). The van der Waals surface area contributed by atoms with Crippen molar-refractivity contribution in [3.8, 4) is 22.8 Å². The zero-order chi connectivity index (χ0) is 15.4. The smallest absolute Gasteiger partial charge is 0.287 e. The maximum absolute atomic E-state index is 10.6. The molecule has 0 bridgehead atoms. The second-order valence-electron chi connectivity index (χ2n) is 4.60. The maximum atomic E-state index is 10.6. The lowest BCUT2D eigenvalue weighted by molar-refractivity contribution is -0.385. The summed E-state index contributed by atoms with van der Waals surface area (Å²) in [7, 11) is 0. The largest absolute Gasteiger partial charge is 0.439 e. The number of hydrogen-bond acceptors (Lipinski definition) is 4. The summed E-state index contributed by atoms with van der Waals surface area (Å²) in [6.07, 6.45) is 1.17. The van der Waals surface area contributed by atoms with Gasteiger partial charge < -0.3 is 4.74 Å². The monoisotopic (exact) mass is 292 g/mol. The van der Waals surface area contributed by atoms with Gasteiger partial charge in [0.1, 0.15) is 11.9 Å². The van der Waals surface area contributed by atoms with Gasteiger partial charge in [-0.25, -0.2) is 4.98 Å². The zero-order valence-electron chi connectivity index (χ0n) is 11.5. The van der Waals surface area contributed by atoms with Crippen LogP contribution in [0.2, 0.25) is 0 Å². The van der Waals surface area contributed by atoms with Crippen LogP contribution in [0, 0.1) is 10.1 Å². The lowest BCUT2D eigenvalue weighted by Crippen LogP contribution is -1.91. The van der Waals surface area contributed by atoms with E-state index in [9.17, 15) is 10.1 Å². The Hall–Kier alpha value is -3.21. The van der Waals surface area contributed by atoms with Crippen molar-refractivity contribution in [3.05, 3.63) is 83.0 Å². The molecule has 2 aromatic carbocycles. The van der Waals surface area contributed by atoms with Crippen molar-refractivity contribution in [1.29, 1.82) is 0 Å². The molecule has 0 unspecified atom stereocenters. The third-order valence-corrected chi connectivity index (χ3v) is 3.12. The first-order chi connectivity index (χ1) is 10.7. The van der Waals surface area contributed by atoms with Crippen LogP contribution < -0.4 is 4.74 Å². The fraction of sp³-hybridized carbons (Fsp3) is 0. The van der Waals surface area contributed by atoms with E-state index in [4.69, 9.17) is 4.74 Å². The molecule has 0 N–H and O–H groups in total. The molecule has 108 valence electrons. The SMILES string of the molecule is O=[N+]([O-])c1ccc(Oc2ccc(-c3ccccc3)cc2)nc1. The number of aromatic nitrogens is 1. The maximum Gasteiger partial charge on any atom is 0.287 e. The van der Waals surface area contributed by atoms with Crippen LogP contribution in [0.4, 0.5) is 5.69 Å². The second kappa shape index (κ2) is 6.05. The molecule has 5 heteroatoms. The predicted molar refractivity (Wildman–Crippen MR) is 82.8 cm³/mol. The number of rotatable bonds is 4. The average molecular weight is 292 g/mol. The van der Waals surface area contributed by atoms with Crippen molar-refractivity contribution in [3.63, 3.8) is 0 Å². The van der Waals surface area contributed by atoms with E-state index in [1.807, 2.05) is 54.6 Å². The Morgan fingerprint density at radius 3 is 2.14 bits per heavy atom. The van der Waals surface area contributed by atoms with Crippen LogP contribution in [0.3, 0.4) is 0 Å². The minimum atomic E-state index is -0.495. The molecule has 0 spiro atoms. The van der Waals surface area contributed by atoms with Gasteiger partial charge in [0.15, 0.2) is 0 Å². The van der Waals surface area contributed by atoms with Crippen LogP contribution in [0.5, 0.6) is 11.6 Å². The van der Waals surface area contributed by atoms with Crippen molar-refractivity contribution in [2.75, 3.05) is 0 Å². The molecule has 1 heterocycles. The van der Waals surface area contributed by atoms with E-state index in [0.29, 0.717) is 11.6 Å². The van der Waals surface area contributed by atoms with E-state index in [0.717, 1.165) is 11.1 Å². The Morgan fingerprint density at radius 1 is 0.864 bits per heavy atom. The highest BCUT2D eigenvalue weighted by Crippen LogP contribution is 2.25. The van der Waals surface area contributed by atoms with E-state index in [2.05, 4.69) is 4.98 Å². The number of benzene rings is 2. The van der Waals surface area contributed by atoms with Gasteiger partial charge in [-0.05, 0) is 23.3 Å². The van der Waals surface area contributed by atoms with E-state index in [1.54, 1.807) is 0 Å². The number of pyridine rings is 1. The molecule has 0 amide bonds. The third kappa shape index (κ3) is 3.09. The molecule has 0 aliphatic carbocycles. The highest BCUT2D eigenvalue weighted by Gasteiger charge is 2.06. The Morgan fingerprint density at radius 2 is 1.55 bits per heavy atom. The molecule has 3 aromatic rings. The summed E-state index contributed by atoms with van der Waals surface area (Å²) in [4.78, 5) is 14.0. The topological polar surface area (TPSA) is 65.3 Å². The van der Waals surface area contributed by atoms with Gasteiger partial charge in [-0.1, -0.05) is 42.5 Å². The van der Waals surface area contributed by atoms with E-state index < -0.39 is 4.92 Å². The highest BCUT2D eigenvalue weighted by atomic mass is 16.6. The Labute approximate surface area is 127 Å². The van der Waals surface area contributed by atoms with Gasteiger partial charge in [-0.15, -0.1) is 0 Å². The van der Waals surface area contributed by atoms with Gasteiger partial charge in [-0.2, -0.15) is 0 Å². The molecular weight excluding hydrogens is 280 g/mol. The molecule has 0 aliphatic heterocycles. The molecule has 22 heavy (non-hydrogen) atoms. The number of nitro groups is 1. The quantitative estimate of drug-likeness (QED) is 0.526. The summed E-state index contributed by atoms with van der Waals surface area (Å²) < 4.78 is 5.57. The number of hydrogen-bond donors (Lipinski definition) is 0. The standard InChI is InChI=1S/C17H12N2O3/c20-19(21)15-8-11-17(18-12-15)22-16-9-6-14(7-10-16)13-4-2-1-3-5-13/h1-12H. The van der Waals surface area contributed by atoms with Crippen LogP contribution in [0.25, 0.3) is 11.1 Å². The van der Waals surface area contributed by atoms with Gasteiger partial charge in [0, 0.05) is 12.1 Å². The van der Waals surface area contributed by atoms with Crippen LogP contribution in [-0.2, 0) is 0 Å². The highest BCUT2D eigenvalue weighted by molar-refractivity contribution is 5.63. The van der Waals surface area contributed by atoms with Gasteiger partial charge in [0.25, 0.3) is 5.69 Å². The van der Waals surface area contributed by atoms with Crippen molar-refractivity contribution >= 4 is 5.69 Å². The first-order valence-electron chi connectivity index (χ1n) is 6.66. The van der Waals surface area contributed by atoms with E-state index in [1.165, 1.54) is 18.3 Å². The normalized spacial score (nSPS) is 10.2. The summed E-state index contributed by atoms with van der Waals surface area (Å²) in [5, 5.41) is 10.6. The van der Waals surface area contributed by atoms with E-state index >= 15 is 0 Å². The summed E-state index contributed by atoms with van der Waals surface area (Å²) >= 11 is 0. The second-order valence-corrected chi connectivity index (χ2v) is 4.60. The molecule has 1 aromatic heterocycles. The molecule has 5 nitrogen and oxygen atoms in total. The fourth-order valence-electron chi connectivity index (χ4n) is 2.01. The molecule has 0 fully saturated rings. The minimum absolute atomic E-state index is 0.0632. The van der Waals surface area contributed by atoms with Gasteiger partial charge in [-0.3, -0.25) is 10.1 Å². The summed E-state index contributed by atoms with van der Waals surface area (Å²) in [6, 6.07) is 20.4. The van der Waals surface area contributed by atoms with Gasteiger partial charge >= 0.3 is 0 Å². The Bertz CT molecular complexity index is 769. The molecular formula is C17H12N2O3. The Balaban J connectivity index is 1.75. The lowest BCUT2D eigenvalue weighted by Gasteiger charge is -2.06. The van der Waals surface area contributed by atoms with Crippen LogP contribution in [0.15, 0.2) is 72.9 Å². The predicted octanol–water partition coefficient (Wildman–Crippen LogP) is 4.45. The van der Waals surface area contributed by atoms with Crippen LogP contribution in [-0.4, -0.2) is 9.91 Å². The molecule has 0 atom stereocenters. The van der Waals surface area contributed by atoms with Crippen LogP contribution in [0.1, 0.15) is 0 Å². The third-order valence-electron chi connectivity index (χ3n) is 3.12. The van der Waals surface area contributed by atoms with Crippen molar-refractivity contribution < 1.29 is 9.66 Å².